The molecule has 0 aromatic heterocycles. The highest BCUT2D eigenvalue weighted by molar-refractivity contribution is 5.91. The highest BCUT2D eigenvalue weighted by atomic mass is 35.5. The van der Waals surface area contributed by atoms with Crippen molar-refractivity contribution in [2.45, 2.75) is 31.7 Å². The van der Waals surface area contributed by atoms with E-state index in [4.69, 9.17) is 10.5 Å². The fourth-order valence-electron chi connectivity index (χ4n) is 3.74. The van der Waals surface area contributed by atoms with Crippen LogP contribution in [0.4, 0.5) is 0 Å². The van der Waals surface area contributed by atoms with E-state index in [0.717, 1.165) is 33.2 Å². The number of aliphatic carboxylic acids is 1. The van der Waals surface area contributed by atoms with E-state index in [1.54, 1.807) is 0 Å². The average molecular weight is 384 g/mol. The fourth-order valence-corrected chi connectivity index (χ4v) is 3.74. The summed E-state index contributed by atoms with van der Waals surface area (Å²) in [4.78, 5) is 11.5. The van der Waals surface area contributed by atoms with Gasteiger partial charge in [0, 0.05) is 11.8 Å². The first-order valence-electron chi connectivity index (χ1n) is 8.76. The minimum absolute atomic E-state index is 0. The van der Waals surface area contributed by atoms with Crippen LogP contribution >= 0.6 is 12.4 Å². The van der Waals surface area contributed by atoms with Gasteiger partial charge < -0.3 is 15.6 Å². The van der Waals surface area contributed by atoms with Gasteiger partial charge >= 0.3 is 5.97 Å². The van der Waals surface area contributed by atoms with Crippen LogP contribution in [0.5, 0.6) is 11.5 Å². The molecule has 0 aliphatic heterocycles. The second-order valence-electron chi connectivity index (χ2n) is 7.10. The van der Waals surface area contributed by atoms with Crippen molar-refractivity contribution in [2.24, 2.45) is 5.73 Å². The van der Waals surface area contributed by atoms with Crippen LogP contribution in [0.25, 0.3) is 10.8 Å². The summed E-state index contributed by atoms with van der Waals surface area (Å²) in [6.45, 7) is 2.07. The lowest BCUT2D eigenvalue weighted by molar-refractivity contribution is -0.143. The van der Waals surface area contributed by atoms with Crippen LogP contribution in [-0.2, 0) is 17.6 Å². The van der Waals surface area contributed by atoms with Crippen molar-refractivity contribution in [1.29, 1.82) is 0 Å². The van der Waals surface area contributed by atoms with Crippen molar-refractivity contribution < 1.29 is 14.6 Å². The van der Waals surface area contributed by atoms with Crippen LogP contribution in [0.3, 0.4) is 0 Å². The van der Waals surface area contributed by atoms with Gasteiger partial charge in [-0.25, -0.2) is 0 Å². The summed E-state index contributed by atoms with van der Waals surface area (Å²) >= 11 is 0. The third kappa shape index (κ3) is 3.51. The molecule has 3 aromatic carbocycles. The number of benzene rings is 3. The zero-order valence-electron chi connectivity index (χ0n) is 15.1. The molecule has 4 nitrogen and oxygen atoms in total. The zero-order valence-corrected chi connectivity index (χ0v) is 15.9. The average Bonchev–Trinajstić information content (AvgIpc) is 2.61. The monoisotopic (exact) mass is 383 g/mol. The van der Waals surface area contributed by atoms with Crippen molar-refractivity contribution >= 4 is 29.1 Å². The van der Waals surface area contributed by atoms with E-state index >= 15 is 0 Å². The molecule has 3 N–H and O–H groups in total. The third-order valence-electron chi connectivity index (χ3n) is 5.25. The topological polar surface area (TPSA) is 72.5 Å². The Bertz CT molecular complexity index is 1010. The SMILES string of the molecule is Cc1cccc2cccc(Oc3ccc4c(c3)CC(N)(C(=O)O)CC4)c12.Cl. The number of carboxylic acid groups (broad SMARTS) is 1. The summed E-state index contributed by atoms with van der Waals surface area (Å²) in [6.07, 6.45) is 1.45. The summed E-state index contributed by atoms with van der Waals surface area (Å²) in [7, 11) is 0. The number of rotatable bonds is 3. The number of halogens is 1. The predicted octanol–water partition coefficient (Wildman–Crippen LogP) is 4.63. The van der Waals surface area contributed by atoms with E-state index in [9.17, 15) is 9.90 Å². The summed E-state index contributed by atoms with van der Waals surface area (Å²) in [6, 6.07) is 18.1. The van der Waals surface area contributed by atoms with Gasteiger partial charge in [-0.1, -0.05) is 36.4 Å². The second kappa shape index (κ2) is 7.22. The van der Waals surface area contributed by atoms with E-state index < -0.39 is 11.5 Å². The molecule has 27 heavy (non-hydrogen) atoms. The van der Waals surface area contributed by atoms with Gasteiger partial charge in [0.05, 0.1) is 0 Å². The van der Waals surface area contributed by atoms with Crippen LogP contribution < -0.4 is 10.5 Å². The van der Waals surface area contributed by atoms with Crippen LogP contribution in [-0.4, -0.2) is 16.6 Å². The van der Waals surface area contributed by atoms with Crippen LogP contribution in [0.1, 0.15) is 23.1 Å². The van der Waals surface area contributed by atoms with Crippen LogP contribution in [0, 0.1) is 6.92 Å². The van der Waals surface area contributed by atoms with E-state index in [2.05, 4.69) is 25.1 Å². The number of carbonyl (C=O) groups is 1. The van der Waals surface area contributed by atoms with Gasteiger partial charge in [-0.3, -0.25) is 4.79 Å². The minimum Gasteiger partial charge on any atom is -0.480 e. The maximum absolute atomic E-state index is 11.5. The van der Waals surface area contributed by atoms with Crippen molar-refractivity contribution in [2.75, 3.05) is 0 Å². The molecule has 1 aliphatic rings. The number of aryl methyl sites for hydroxylation is 2. The second-order valence-corrected chi connectivity index (χ2v) is 7.10. The van der Waals surface area contributed by atoms with E-state index in [0.29, 0.717) is 25.0 Å². The molecule has 5 heteroatoms. The Kier molecular flexibility index (Phi) is 5.13. The van der Waals surface area contributed by atoms with Gasteiger partial charge in [0.1, 0.15) is 17.0 Å². The van der Waals surface area contributed by atoms with Gasteiger partial charge in [0.25, 0.3) is 0 Å². The molecule has 0 saturated heterocycles. The first-order valence-corrected chi connectivity index (χ1v) is 8.76. The molecule has 0 radical (unpaired) electrons. The molecule has 3 aromatic rings. The molecule has 1 atom stereocenters. The molecule has 0 amide bonds. The number of fused-ring (bicyclic) bond motifs is 2. The number of carboxylic acids is 1. The number of ether oxygens (including phenoxy) is 1. The quantitative estimate of drug-likeness (QED) is 0.691. The summed E-state index contributed by atoms with van der Waals surface area (Å²) in [5.41, 5.74) is 8.14. The first kappa shape index (κ1) is 19.2. The highest BCUT2D eigenvalue weighted by Crippen LogP contribution is 2.35. The molecule has 0 heterocycles. The van der Waals surface area contributed by atoms with Gasteiger partial charge in [0.15, 0.2) is 0 Å². The lowest BCUT2D eigenvalue weighted by Gasteiger charge is -2.31. The Balaban J connectivity index is 0.00000210. The van der Waals surface area contributed by atoms with Gasteiger partial charge in [-0.2, -0.15) is 0 Å². The number of hydrogen-bond acceptors (Lipinski definition) is 3. The number of nitrogens with two attached hydrogens (primary N) is 1. The summed E-state index contributed by atoms with van der Waals surface area (Å²) in [5.74, 6) is 0.557. The Morgan fingerprint density at radius 3 is 2.59 bits per heavy atom. The Labute approximate surface area is 164 Å². The Hall–Kier alpha value is -2.56. The maximum Gasteiger partial charge on any atom is 0.324 e. The van der Waals surface area contributed by atoms with Gasteiger partial charge in [-0.15, -0.1) is 12.4 Å². The Morgan fingerprint density at radius 2 is 1.85 bits per heavy atom. The molecule has 1 aliphatic carbocycles. The smallest absolute Gasteiger partial charge is 0.324 e. The molecule has 0 fully saturated rings. The number of hydrogen-bond donors (Lipinski definition) is 2. The molecular formula is C22H22ClNO3. The van der Waals surface area contributed by atoms with E-state index in [1.807, 2.05) is 36.4 Å². The van der Waals surface area contributed by atoms with Gasteiger partial charge in [0.2, 0.25) is 0 Å². The lowest BCUT2D eigenvalue weighted by Crippen LogP contribution is -2.52. The largest absolute Gasteiger partial charge is 0.480 e. The normalized spacial score (nSPS) is 18.4. The molecule has 0 bridgehead atoms. The molecule has 0 saturated carbocycles. The molecular weight excluding hydrogens is 362 g/mol. The third-order valence-corrected chi connectivity index (χ3v) is 5.25. The molecule has 0 spiro atoms. The lowest BCUT2D eigenvalue weighted by atomic mass is 9.78. The zero-order chi connectivity index (χ0) is 18.3. The predicted molar refractivity (Wildman–Crippen MR) is 109 cm³/mol. The highest BCUT2D eigenvalue weighted by Gasteiger charge is 2.37. The van der Waals surface area contributed by atoms with E-state index in [1.165, 1.54) is 0 Å². The molecule has 4 rings (SSSR count). The van der Waals surface area contributed by atoms with Crippen molar-refractivity contribution in [1.82, 2.24) is 0 Å². The van der Waals surface area contributed by atoms with Crippen LogP contribution in [0.15, 0.2) is 54.6 Å². The first-order chi connectivity index (χ1) is 12.5. The summed E-state index contributed by atoms with van der Waals surface area (Å²) < 4.78 is 6.18. The van der Waals surface area contributed by atoms with Crippen LogP contribution in [0.2, 0.25) is 0 Å². The van der Waals surface area contributed by atoms with Crippen molar-refractivity contribution in [3.63, 3.8) is 0 Å². The summed E-state index contributed by atoms with van der Waals surface area (Å²) in [5, 5.41) is 11.6. The Morgan fingerprint density at radius 1 is 1.11 bits per heavy atom. The fraction of sp³-hybridized carbons (Fsp3) is 0.227. The van der Waals surface area contributed by atoms with Crippen molar-refractivity contribution in [3.8, 4) is 11.5 Å². The standard InChI is InChI=1S/C22H21NO3.ClH/c1-14-4-2-5-16-6-3-7-19(20(14)16)26-18-9-8-15-10-11-22(23,21(24)25)13-17(15)12-18;/h2-9,12H,10-11,13,23H2,1H3,(H,24,25);1H. The van der Waals surface area contributed by atoms with E-state index in [-0.39, 0.29) is 12.4 Å². The minimum atomic E-state index is -1.19. The van der Waals surface area contributed by atoms with Gasteiger partial charge in [-0.05, 0) is 60.0 Å². The maximum atomic E-state index is 11.5. The van der Waals surface area contributed by atoms with Crippen molar-refractivity contribution in [3.05, 3.63) is 71.3 Å². The molecule has 1 unspecified atom stereocenters. The molecule has 140 valence electrons.